The molecule has 0 aliphatic rings. The van der Waals surface area contributed by atoms with Crippen LogP contribution in [0, 0.1) is 0 Å². The summed E-state index contributed by atoms with van der Waals surface area (Å²) in [5.74, 6) is 0. The Kier molecular flexibility index (Phi) is 2.14. The lowest BCUT2D eigenvalue weighted by molar-refractivity contribution is 1.40. The van der Waals surface area contributed by atoms with Crippen molar-refractivity contribution >= 4 is 16.3 Å². The van der Waals surface area contributed by atoms with Gasteiger partial charge in [0, 0.05) is 1.43 Å². The SMILES string of the molecule is [Al][CH2]c1ccccc1.[HH]. The van der Waals surface area contributed by atoms with Crippen molar-refractivity contribution in [2.75, 3.05) is 0 Å². The molecular formula is C7H9Al. The Labute approximate surface area is 59.4 Å². The Hall–Kier alpha value is -0.248. The van der Waals surface area contributed by atoms with Crippen LogP contribution in [0.25, 0.3) is 0 Å². The third-order valence-corrected chi connectivity index (χ3v) is 1.55. The van der Waals surface area contributed by atoms with Crippen LogP contribution < -0.4 is 0 Å². The normalized spacial score (nSPS) is 9.00. The van der Waals surface area contributed by atoms with Gasteiger partial charge in [-0.05, 0) is 0 Å². The van der Waals surface area contributed by atoms with Gasteiger partial charge in [-0.3, -0.25) is 0 Å². The molecule has 0 saturated heterocycles. The molecule has 1 heteroatoms. The Balaban J connectivity index is 0.000000640. The summed E-state index contributed by atoms with van der Waals surface area (Å²) in [5.41, 5.74) is 1.37. The van der Waals surface area contributed by atoms with Crippen molar-refractivity contribution in [3.63, 3.8) is 0 Å². The molecule has 0 aliphatic heterocycles. The van der Waals surface area contributed by atoms with Gasteiger partial charge in [-0.15, -0.1) is 0 Å². The van der Waals surface area contributed by atoms with Gasteiger partial charge in [0.15, 0.2) is 0 Å². The van der Waals surface area contributed by atoms with Gasteiger partial charge in [-0.25, -0.2) is 0 Å². The summed E-state index contributed by atoms with van der Waals surface area (Å²) in [6, 6.07) is 10.4. The summed E-state index contributed by atoms with van der Waals surface area (Å²) in [4.78, 5) is 0. The van der Waals surface area contributed by atoms with E-state index in [1.54, 1.807) is 0 Å². The first-order valence-electron chi connectivity index (χ1n) is 2.67. The minimum atomic E-state index is 0. The van der Waals surface area contributed by atoms with Crippen LogP contribution in [0.5, 0.6) is 0 Å². The van der Waals surface area contributed by atoms with Crippen molar-refractivity contribution in [2.24, 2.45) is 0 Å². The Bertz CT molecular complexity index is 150. The molecule has 0 aliphatic carbocycles. The standard InChI is InChI=1S/C7H7.Al.H2/c1-7-5-3-2-4-6-7;;/h2-6H,1H2;;1H. The first-order valence-corrected chi connectivity index (χ1v) is 3.49. The highest BCUT2D eigenvalue weighted by Gasteiger charge is 1.79. The summed E-state index contributed by atoms with van der Waals surface area (Å²) >= 11 is 2.69. The summed E-state index contributed by atoms with van der Waals surface area (Å²) in [5, 5.41) is 1.06. The van der Waals surface area contributed by atoms with Gasteiger partial charge < -0.3 is 0 Å². The number of benzene rings is 1. The predicted molar refractivity (Wildman–Crippen MR) is 38.0 cm³/mol. The molecule has 0 atom stereocenters. The molecule has 0 spiro atoms. The first-order chi connectivity index (χ1) is 3.93. The molecule has 0 amide bonds. The molecule has 2 radical (unpaired) electrons. The van der Waals surface area contributed by atoms with E-state index in [1.165, 1.54) is 5.56 Å². The maximum atomic E-state index is 2.69. The van der Waals surface area contributed by atoms with E-state index >= 15 is 0 Å². The zero-order valence-electron chi connectivity index (χ0n) is 4.67. The monoisotopic (exact) mass is 120 g/mol. The van der Waals surface area contributed by atoms with Crippen molar-refractivity contribution < 1.29 is 1.43 Å². The van der Waals surface area contributed by atoms with Crippen LogP contribution in [0.1, 0.15) is 6.99 Å². The lowest BCUT2D eigenvalue weighted by atomic mass is 10.2. The van der Waals surface area contributed by atoms with Gasteiger partial charge in [0.25, 0.3) is 0 Å². The van der Waals surface area contributed by atoms with Crippen LogP contribution in [0.15, 0.2) is 30.3 Å². The lowest BCUT2D eigenvalue weighted by Gasteiger charge is -1.90. The van der Waals surface area contributed by atoms with Gasteiger partial charge in [0.2, 0.25) is 0 Å². The van der Waals surface area contributed by atoms with Gasteiger partial charge in [0.1, 0.15) is 16.3 Å². The van der Waals surface area contributed by atoms with E-state index in [4.69, 9.17) is 0 Å². The Morgan fingerprint density at radius 1 is 1.25 bits per heavy atom. The second-order valence-electron chi connectivity index (χ2n) is 1.69. The van der Waals surface area contributed by atoms with Crippen molar-refractivity contribution in [1.29, 1.82) is 0 Å². The van der Waals surface area contributed by atoms with Gasteiger partial charge in [-0.2, -0.15) is 0 Å². The fourth-order valence-corrected chi connectivity index (χ4v) is 0.886. The van der Waals surface area contributed by atoms with Crippen LogP contribution in [0.4, 0.5) is 0 Å². The van der Waals surface area contributed by atoms with Crippen LogP contribution in [-0.2, 0) is 5.28 Å². The molecule has 40 valence electrons. The predicted octanol–water partition coefficient (Wildman–Crippen LogP) is 1.60. The van der Waals surface area contributed by atoms with Crippen LogP contribution >= 0.6 is 0 Å². The van der Waals surface area contributed by atoms with Crippen molar-refractivity contribution in [3.8, 4) is 0 Å². The fraction of sp³-hybridized carbons (Fsp3) is 0.143. The quantitative estimate of drug-likeness (QED) is 0.494. The zero-order valence-corrected chi connectivity index (χ0v) is 5.83. The summed E-state index contributed by atoms with van der Waals surface area (Å²) < 4.78 is 0. The molecule has 1 aromatic rings. The largest absolute Gasteiger partial charge is 0.125 e. The molecule has 0 heterocycles. The third kappa shape index (κ3) is 1.37. The molecule has 8 heavy (non-hydrogen) atoms. The number of rotatable bonds is 1. The van der Waals surface area contributed by atoms with E-state index in [0.717, 1.165) is 5.28 Å². The van der Waals surface area contributed by atoms with Crippen LogP contribution in [-0.4, -0.2) is 16.3 Å². The maximum absolute atomic E-state index is 2.69. The minimum Gasteiger partial charge on any atom is -0.0945 e. The van der Waals surface area contributed by atoms with E-state index in [2.05, 4.69) is 40.6 Å². The molecule has 1 rings (SSSR count). The molecule has 1 aromatic carbocycles. The van der Waals surface area contributed by atoms with E-state index in [0.29, 0.717) is 0 Å². The number of hydrogen-bond acceptors (Lipinski definition) is 0. The van der Waals surface area contributed by atoms with E-state index in [1.807, 2.05) is 6.07 Å². The van der Waals surface area contributed by atoms with E-state index in [-0.39, 0.29) is 1.43 Å². The summed E-state index contributed by atoms with van der Waals surface area (Å²) in [6.45, 7) is 0. The Morgan fingerprint density at radius 2 is 1.88 bits per heavy atom. The van der Waals surface area contributed by atoms with Gasteiger partial charge >= 0.3 is 0 Å². The highest BCUT2D eigenvalue weighted by Crippen LogP contribution is 1.95. The number of hydrogen-bond donors (Lipinski definition) is 0. The van der Waals surface area contributed by atoms with Crippen LogP contribution in [0.3, 0.4) is 0 Å². The first kappa shape index (κ1) is 5.88. The molecule has 0 saturated carbocycles. The lowest BCUT2D eigenvalue weighted by Crippen LogP contribution is -1.78. The molecule has 0 fully saturated rings. The average Bonchev–Trinajstić information content (AvgIpc) is 1.90. The Morgan fingerprint density at radius 3 is 2.25 bits per heavy atom. The third-order valence-electron chi connectivity index (χ3n) is 1.08. The molecule has 0 unspecified atom stereocenters. The van der Waals surface area contributed by atoms with Gasteiger partial charge in [-0.1, -0.05) is 41.2 Å². The van der Waals surface area contributed by atoms with Gasteiger partial charge in [0.05, 0.1) is 0 Å². The summed E-state index contributed by atoms with van der Waals surface area (Å²) in [6.07, 6.45) is 0. The average molecular weight is 120 g/mol. The molecule has 0 bridgehead atoms. The fourth-order valence-electron chi connectivity index (χ4n) is 0.614. The molecule has 0 N–H and O–H groups in total. The second-order valence-corrected chi connectivity index (χ2v) is 2.10. The molecule has 0 nitrogen and oxygen atoms in total. The van der Waals surface area contributed by atoms with Crippen molar-refractivity contribution in [3.05, 3.63) is 35.9 Å². The van der Waals surface area contributed by atoms with Crippen LogP contribution in [0.2, 0.25) is 0 Å². The molecular weight excluding hydrogens is 111 g/mol. The second kappa shape index (κ2) is 2.92. The van der Waals surface area contributed by atoms with E-state index < -0.39 is 0 Å². The topological polar surface area (TPSA) is 0 Å². The smallest absolute Gasteiger partial charge is 0.0945 e. The maximum Gasteiger partial charge on any atom is 0.125 e. The van der Waals surface area contributed by atoms with Crippen molar-refractivity contribution in [2.45, 2.75) is 5.28 Å². The summed E-state index contributed by atoms with van der Waals surface area (Å²) in [7, 11) is 0. The highest BCUT2D eigenvalue weighted by molar-refractivity contribution is 6.08. The van der Waals surface area contributed by atoms with Crippen molar-refractivity contribution in [1.82, 2.24) is 0 Å². The minimum absolute atomic E-state index is 0. The highest BCUT2D eigenvalue weighted by atomic mass is 27.0. The molecule has 0 aromatic heterocycles. The zero-order chi connectivity index (χ0) is 5.82. The van der Waals surface area contributed by atoms with E-state index in [9.17, 15) is 0 Å².